The normalized spacial score (nSPS) is 10.8. The summed E-state index contributed by atoms with van der Waals surface area (Å²) in [6.45, 7) is 6.21. The van der Waals surface area contributed by atoms with Gasteiger partial charge in [-0.2, -0.15) is 0 Å². The highest BCUT2D eigenvalue weighted by molar-refractivity contribution is 5.85. The lowest BCUT2D eigenvalue weighted by Gasteiger charge is -2.21. The van der Waals surface area contributed by atoms with Gasteiger partial charge >= 0.3 is 5.97 Å². The smallest absolute Gasteiger partial charge is 0.328 e. The number of hydrogen-bond acceptors (Lipinski definition) is 3. The number of carboxylic acids is 1. The van der Waals surface area contributed by atoms with Crippen molar-refractivity contribution in [3.8, 4) is 0 Å². The summed E-state index contributed by atoms with van der Waals surface area (Å²) in [7, 11) is 0. The van der Waals surface area contributed by atoms with Crippen molar-refractivity contribution in [1.82, 2.24) is 4.98 Å². The molecule has 0 aliphatic carbocycles. The Kier molecular flexibility index (Phi) is 5.91. The van der Waals surface area contributed by atoms with Gasteiger partial charge in [-0.3, -0.25) is 0 Å². The number of carboxylic acid groups (broad SMARTS) is 1. The highest BCUT2D eigenvalue weighted by Gasteiger charge is 2.04. The Morgan fingerprint density at radius 3 is 2.72 bits per heavy atom. The zero-order chi connectivity index (χ0) is 13.4. The van der Waals surface area contributed by atoms with E-state index in [-0.39, 0.29) is 0 Å². The average Bonchev–Trinajstić information content (AvgIpc) is 2.38. The van der Waals surface area contributed by atoms with E-state index in [0.717, 1.165) is 43.4 Å². The van der Waals surface area contributed by atoms with E-state index >= 15 is 0 Å². The third-order valence-electron chi connectivity index (χ3n) is 2.68. The van der Waals surface area contributed by atoms with Crippen LogP contribution in [0.5, 0.6) is 0 Å². The van der Waals surface area contributed by atoms with Crippen molar-refractivity contribution in [2.24, 2.45) is 0 Å². The van der Waals surface area contributed by atoms with Crippen LogP contribution in [0.25, 0.3) is 6.08 Å². The lowest BCUT2D eigenvalue weighted by molar-refractivity contribution is -0.131. The van der Waals surface area contributed by atoms with Gasteiger partial charge in [0.05, 0.1) is 0 Å². The van der Waals surface area contributed by atoms with Crippen LogP contribution in [0.4, 0.5) is 5.82 Å². The van der Waals surface area contributed by atoms with Gasteiger partial charge in [-0.15, -0.1) is 0 Å². The largest absolute Gasteiger partial charge is 0.478 e. The molecule has 0 atom stereocenters. The molecule has 0 fully saturated rings. The molecule has 0 radical (unpaired) electrons. The molecule has 0 spiro atoms. The van der Waals surface area contributed by atoms with Crippen molar-refractivity contribution in [3.05, 3.63) is 30.0 Å². The van der Waals surface area contributed by atoms with Gasteiger partial charge in [-0.1, -0.05) is 13.3 Å². The molecule has 98 valence electrons. The molecule has 18 heavy (non-hydrogen) atoms. The monoisotopic (exact) mass is 248 g/mol. The molecule has 1 aromatic rings. The second-order valence-electron chi connectivity index (χ2n) is 4.05. The van der Waals surface area contributed by atoms with Gasteiger partial charge in [0.25, 0.3) is 0 Å². The first-order valence-corrected chi connectivity index (χ1v) is 6.29. The number of carbonyl (C=O) groups is 1. The molecule has 0 saturated carbocycles. The van der Waals surface area contributed by atoms with E-state index in [1.165, 1.54) is 0 Å². The van der Waals surface area contributed by atoms with Crippen molar-refractivity contribution < 1.29 is 9.90 Å². The van der Waals surface area contributed by atoms with E-state index in [4.69, 9.17) is 5.11 Å². The van der Waals surface area contributed by atoms with E-state index in [1.54, 1.807) is 12.3 Å². The minimum absolute atomic E-state index is 0.799. The molecule has 1 heterocycles. The fourth-order valence-electron chi connectivity index (χ4n) is 1.63. The summed E-state index contributed by atoms with van der Waals surface area (Å²) in [6, 6.07) is 3.82. The fourth-order valence-corrected chi connectivity index (χ4v) is 1.63. The first-order chi connectivity index (χ1) is 8.67. The van der Waals surface area contributed by atoms with E-state index in [1.807, 2.05) is 12.1 Å². The lowest BCUT2D eigenvalue weighted by Crippen LogP contribution is -2.24. The summed E-state index contributed by atoms with van der Waals surface area (Å²) in [5.41, 5.74) is 0.799. The Labute approximate surface area is 108 Å². The molecule has 1 rings (SSSR count). The summed E-state index contributed by atoms with van der Waals surface area (Å²) >= 11 is 0. The molecule has 1 aromatic heterocycles. The third-order valence-corrected chi connectivity index (χ3v) is 2.68. The molecule has 0 aliphatic heterocycles. The average molecular weight is 248 g/mol. The highest BCUT2D eigenvalue weighted by Crippen LogP contribution is 2.12. The standard InChI is InChI=1S/C14H20N2O2/c1-3-5-10-16(4-2)13-8-6-12(11-15-13)7-9-14(17)18/h6-9,11H,3-5,10H2,1-2H3,(H,17,18)/b9-7+. The second-order valence-corrected chi connectivity index (χ2v) is 4.05. The zero-order valence-corrected chi connectivity index (χ0v) is 11.0. The van der Waals surface area contributed by atoms with Gasteiger partial charge in [0.15, 0.2) is 0 Å². The number of nitrogens with zero attached hydrogens (tertiary/aromatic N) is 2. The summed E-state index contributed by atoms with van der Waals surface area (Å²) in [4.78, 5) is 17.0. The van der Waals surface area contributed by atoms with Gasteiger partial charge < -0.3 is 10.0 Å². The number of aromatic nitrogens is 1. The van der Waals surface area contributed by atoms with Crippen LogP contribution in [0.3, 0.4) is 0 Å². The van der Waals surface area contributed by atoms with Gasteiger partial charge in [-0.05, 0) is 37.1 Å². The summed E-state index contributed by atoms with van der Waals surface area (Å²) in [6.07, 6.45) is 6.67. The van der Waals surface area contributed by atoms with E-state index in [0.29, 0.717) is 0 Å². The highest BCUT2D eigenvalue weighted by atomic mass is 16.4. The topological polar surface area (TPSA) is 53.4 Å². The Balaban J connectivity index is 2.71. The molecule has 0 bridgehead atoms. The molecule has 4 nitrogen and oxygen atoms in total. The van der Waals surface area contributed by atoms with Crippen LogP contribution in [0.1, 0.15) is 32.3 Å². The van der Waals surface area contributed by atoms with Gasteiger partial charge in [0, 0.05) is 25.4 Å². The molecule has 0 saturated heterocycles. The van der Waals surface area contributed by atoms with Crippen molar-refractivity contribution in [2.75, 3.05) is 18.0 Å². The van der Waals surface area contributed by atoms with E-state index in [9.17, 15) is 4.79 Å². The molecule has 0 amide bonds. The predicted octanol–water partition coefficient (Wildman–Crippen LogP) is 2.81. The van der Waals surface area contributed by atoms with Gasteiger partial charge in [-0.25, -0.2) is 9.78 Å². The number of hydrogen-bond donors (Lipinski definition) is 1. The van der Waals surface area contributed by atoms with Crippen molar-refractivity contribution in [2.45, 2.75) is 26.7 Å². The number of anilines is 1. The minimum atomic E-state index is -0.947. The first kappa shape index (κ1) is 14.2. The van der Waals surface area contributed by atoms with Crippen LogP contribution in [0.2, 0.25) is 0 Å². The minimum Gasteiger partial charge on any atom is -0.478 e. The van der Waals surface area contributed by atoms with Crippen molar-refractivity contribution in [1.29, 1.82) is 0 Å². The first-order valence-electron chi connectivity index (χ1n) is 6.29. The van der Waals surface area contributed by atoms with Crippen LogP contribution in [-0.4, -0.2) is 29.1 Å². The van der Waals surface area contributed by atoms with Crippen LogP contribution in [0, 0.1) is 0 Å². The third kappa shape index (κ3) is 4.57. The molecule has 1 N–H and O–H groups in total. The fraction of sp³-hybridized carbons (Fsp3) is 0.429. The molecule has 0 aromatic carbocycles. The van der Waals surface area contributed by atoms with Crippen LogP contribution >= 0.6 is 0 Å². The summed E-state index contributed by atoms with van der Waals surface area (Å²) < 4.78 is 0. The zero-order valence-electron chi connectivity index (χ0n) is 11.0. The van der Waals surface area contributed by atoms with Crippen LogP contribution in [0.15, 0.2) is 24.4 Å². The Morgan fingerprint density at radius 1 is 1.44 bits per heavy atom. The van der Waals surface area contributed by atoms with Crippen molar-refractivity contribution in [3.63, 3.8) is 0 Å². The maximum absolute atomic E-state index is 10.4. The van der Waals surface area contributed by atoms with Gasteiger partial charge in [0.1, 0.15) is 5.82 Å². The lowest BCUT2D eigenvalue weighted by atomic mass is 10.2. The number of aliphatic carboxylic acids is 1. The Bertz CT molecular complexity index is 399. The molecular formula is C14H20N2O2. The van der Waals surface area contributed by atoms with E-state index in [2.05, 4.69) is 23.7 Å². The van der Waals surface area contributed by atoms with Gasteiger partial charge in [0.2, 0.25) is 0 Å². The van der Waals surface area contributed by atoms with Crippen LogP contribution in [-0.2, 0) is 4.79 Å². The number of pyridine rings is 1. The maximum atomic E-state index is 10.4. The van der Waals surface area contributed by atoms with Crippen molar-refractivity contribution >= 4 is 17.9 Å². The number of unbranched alkanes of at least 4 members (excludes halogenated alkanes) is 1. The molecular weight excluding hydrogens is 228 g/mol. The summed E-state index contributed by atoms with van der Waals surface area (Å²) in [5.74, 6) is -0.00404. The summed E-state index contributed by atoms with van der Waals surface area (Å²) in [5, 5.41) is 8.54. The Hall–Kier alpha value is -1.84. The Morgan fingerprint density at radius 2 is 2.22 bits per heavy atom. The molecule has 0 aliphatic rings. The maximum Gasteiger partial charge on any atom is 0.328 e. The predicted molar refractivity (Wildman–Crippen MR) is 73.7 cm³/mol. The SMILES string of the molecule is CCCCN(CC)c1ccc(/C=C/C(=O)O)cn1. The second kappa shape index (κ2) is 7.48. The molecule has 4 heteroatoms. The van der Waals surface area contributed by atoms with Crippen LogP contribution < -0.4 is 4.90 Å². The molecule has 0 unspecified atom stereocenters. The number of rotatable bonds is 7. The quantitative estimate of drug-likeness (QED) is 0.754. The van der Waals surface area contributed by atoms with E-state index < -0.39 is 5.97 Å².